The molecule has 5 nitrogen and oxygen atoms in total. The fourth-order valence-electron chi connectivity index (χ4n) is 0.734. The van der Waals surface area contributed by atoms with Crippen LogP contribution in [0.3, 0.4) is 0 Å². The molecule has 0 spiro atoms. The predicted octanol–water partition coefficient (Wildman–Crippen LogP) is -7.25. The molecule has 7 heteroatoms. The Kier molecular flexibility index (Phi) is 8.72. The number of aliphatic carboxylic acids is 1. The number of ketones is 1. The fraction of sp³-hybridized carbons (Fsp3) is 0. The molecule has 0 radical (unpaired) electrons. The van der Waals surface area contributed by atoms with Gasteiger partial charge in [-0.2, -0.15) is 0 Å². The zero-order valence-electron chi connectivity index (χ0n) is 7.81. The van der Waals surface area contributed by atoms with Crippen LogP contribution in [0, 0.1) is 5.21 Å². The first-order chi connectivity index (χ1) is 5.65. The predicted molar refractivity (Wildman–Crippen MR) is 38.0 cm³/mol. The van der Waals surface area contributed by atoms with E-state index >= 15 is 0 Å². The van der Waals surface area contributed by atoms with Gasteiger partial charge in [-0.3, -0.25) is 4.79 Å². The monoisotopic (exact) mass is 211 g/mol. The van der Waals surface area contributed by atoms with Crippen LogP contribution >= 0.6 is 0 Å². The van der Waals surface area contributed by atoms with Gasteiger partial charge >= 0.3 is 59.1 Å². The molecule has 0 unspecified atom stereocenters. The van der Waals surface area contributed by atoms with Crippen LogP contribution in [0.15, 0.2) is 29.0 Å². The molecule has 0 bridgehead atoms. The zero-order chi connectivity index (χ0) is 9.14. The molecular formula is C7H3NNa2O4. The third kappa shape index (κ3) is 4.08. The summed E-state index contributed by atoms with van der Waals surface area (Å²) in [4.78, 5) is 21.0. The Hall–Kier alpha value is 0.0900. The minimum absolute atomic E-state index is 0. The molecule has 0 fully saturated rings. The maximum atomic E-state index is 10.8. The third-order valence-electron chi connectivity index (χ3n) is 1.29. The van der Waals surface area contributed by atoms with E-state index in [-0.39, 0.29) is 64.8 Å². The van der Waals surface area contributed by atoms with Crippen molar-refractivity contribution in [2.24, 2.45) is 5.16 Å². The van der Waals surface area contributed by atoms with Crippen LogP contribution in [-0.4, -0.2) is 17.5 Å². The molecule has 1 aliphatic rings. The van der Waals surface area contributed by atoms with E-state index in [2.05, 4.69) is 5.16 Å². The summed E-state index contributed by atoms with van der Waals surface area (Å²) in [6.45, 7) is 0. The van der Waals surface area contributed by atoms with E-state index in [9.17, 15) is 19.9 Å². The van der Waals surface area contributed by atoms with Crippen LogP contribution in [0.2, 0.25) is 0 Å². The van der Waals surface area contributed by atoms with E-state index in [4.69, 9.17) is 0 Å². The van der Waals surface area contributed by atoms with Crippen molar-refractivity contribution in [1.82, 2.24) is 0 Å². The van der Waals surface area contributed by atoms with Gasteiger partial charge in [-0.15, -0.1) is 0 Å². The molecule has 0 aromatic heterocycles. The standard InChI is InChI=1S/C7H5NO4.2Na/c9-6-2-1-4(8-12)3-5(6)7(10)11;;/h1-3,12H,(H,10,11);;/q;2*+1/p-2/b8-4+;;. The van der Waals surface area contributed by atoms with Gasteiger partial charge < -0.3 is 20.3 Å². The number of nitrogens with zero attached hydrogens (tertiary/aromatic N) is 1. The summed E-state index contributed by atoms with van der Waals surface area (Å²) in [5, 5.41) is 22.6. The van der Waals surface area contributed by atoms with E-state index in [1.165, 1.54) is 0 Å². The molecule has 0 saturated heterocycles. The van der Waals surface area contributed by atoms with Gasteiger partial charge in [0.2, 0.25) is 0 Å². The number of carbonyl (C=O) groups is 2. The van der Waals surface area contributed by atoms with Crippen LogP contribution in [-0.2, 0) is 9.59 Å². The van der Waals surface area contributed by atoms with E-state index in [1.807, 2.05) is 0 Å². The summed E-state index contributed by atoms with van der Waals surface area (Å²) in [7, 11) is 0. The molecule has 0 amide bonds. The first-order valence-electron chi connectivity index (χ1n) is 3.01. The van der Waals surface area contributed by atoms with Crippen LogP contribution in [0.4, 0.5) is 0 Å². The van der Waals surface area contributed by atoms with Crippen molar-refractivity contribution in [2.45, 2.75) is 0 Å². The number of carbonyl (C=O) groups excluding carboxylic acids is 2. The van der Waals surface area contributed by atoms with Gasteiger partial charge in [0.1, 0.15) is 0 Å². The SMILES string of the molecule is O=C([O-])C1=C/C(=N/[O-])C=CC1=O.[Na+].[Na+]. The maximum absolute atomic E-state index is 10.8. The van der Waals surface area contributed by atoms with Crippen molar-refractivity contribution in [2.75, 3.05) is 0 Å². The van der Waals surface area contributed by atoms with Crippen molar-refractivity contribution >= 4 is 17.5 Å². The molecule has 0 aromatic rings. The van der Waals surface area contributed by atoms with Crippen LogP contribution in [0.1, 0.15) is 0 Å². The molecule has 0 saturated carbocycles. The normalized spacial score (nSPS) is 16.7. The van der Waals surface area contributed by atoms with E-state index < -0.39 is 17.3 Å². The van der Waals surface area contributed by atoms with Crippen molar-refractivity contribution in [1.29, 1.82) is 0 Å². The molecule has 0 aromatic carbocycles. The van der Waals surface area contributed by atoms with Crippen molar-refractivity contribution in [3.8, 4) is 0 Å². The summed E-state index contributed by atoms with van der Waals surface area (Å²) >= 11 is 0. The first-order valence-corrected chi connectivity index (χ1v) is 3.01. The van der Waals surface area contributed by atoms with Gasteiger partial charge in [-0.05, 0) is 18.2 Å². The second kappa shape index (κ2) is 7.39. The largest absolute Gasteiger partial charge is 1.00 e. The average Bonchev–Trinajstić information content (AvgIpc) is 2.05. The Bertz CT molecular complexity index is 333. The smallest absolute Gasteiger partial charge is 0.792 e. The molecule has 0 aliphatic heterocycles. The van der Waals surface area contributed by atoms with E-state index in [0.29, 0.717) is 0 Å². The van der Waals surface area contributed by atoms with Crippen LogP contribution < -0.4 is 64.2 Å². The minimum Gasteiger partial charge on any atom is -0.792 e. The van der Waals surface area contributed by atoms with Gasteiger partial charge in [0.15, 0.2) is 5.78 Å². The zero-order valence-corrected chi connectivity index (χ0v) is 11.8. The Morgan fingerprint density at radius 2 is 1.86 bits per heavy atom. The van der Waals surface area contributed by atoms with Gasteiger partial charge in [0, 0.05) is 5.57 Å². The maximum Gasteiger partial charge on any atom is 1.00 e. The Labute approximate surface area is 124 Å². The number of allylic oxidation sites excluding steroid dienone is 3. The summed E-state index contributed by atoms with van der Waals surface area (Å²) in [5.74, 6) is -2.30. The summed E-state index contributed by atoms with van der Waals surface area (Å²) < 4.78 is 0. The number of rotatable bonds is 1. The van der Waals surface area contributed by atoms with E-state index in [1.54, 1.807) is 0 Å². The van der Waals surface area contributed by atoms with Gasteiger partial charge in [-0.25, -0.2) is 0 Å². The van der Waals surface area contributed by atoms with E-state index in [0.717, 1.165) is 18.2 Å². The van der Waals surface area contributed by atoms with Crippen LogP contribution in [0.25, 0.3) is 0 Å². The summed E-state index contributed by atoms with van der Waals surface area (Å²) in [6, 6.07) is 0. The topological polar surface area (TPSA) is 92.6 Å². The molecule has 0 atom stereocenters. The molecule has 62 valence electrons. The molecule has 0 heterocycles. The quantitative estimate of drug-likeness (QED) is 0.186. The molecule has 1 aliphatic carbocycles. The van der Waals surface area contributed by atoms with Gasteiger partial charge in [-0.1, -0.05) is 0 Å². The number of carboxylic acids is 1. The van der Waals surface area contributed by atoms with Crippen LogP contribution in [0.5, 0.6) is 0 Å². The molecule has 14 heavy (non-hydrogen) atoms. The van der Waals surface area contributed by atoms with Gasteiger partial charge in [0.25, 0.3) is 0 Å². The fourth-order valence-corrected chi connectivity index (χ4v) is 0.734. The third-order valence-corrected chi connectivity index (χ3v) is 1.29. The summed E-state index contributed by atoms with van der Waals surface area (Å²) in [5.41, 5.74) is -0.652. The number of carboxylic acid groups (broad SMARTS) is 1. The second-order valence-electron chi connectivity index (χ2n) is 2.06. The number of hydrogen-bond donors (Lipinski definition) is 0. The van der Waals surface area contributed by atoms with Gasteiger partial charge in [0.05, 0.1) is 11.7 Å². The Morgan fingerprint density at radius 1 is 1.29 bits per heavy atom. The summed E-state index contributed by atoms with van der Waals surface area (Å²) in [6.07, 6.45) is 2.98. The average molecular weight is 211 g/mol. The number of hydrogen-bond acceptors (Lipinski definition) is 5. The molecule has 0 N–H and O–H groups in total. The minimum atomic E-state index is -1.61. The van der Waals surface area contributed by atoms with Crippen molar-refractivity contribution in [3.63, 3.8) is 0 Å². The van der Waals surface area contributed by atoms with Crippen molar-refractivity contribution < 1.29 is 73.8 Å². The Balaban J connectivity index is 0. The Morgan fingerprint density at radius 3 is 2.29 bits per heavy atom. The first kappa shape index (κ1) is 16.5. The van der Waals surface area contributed by atoms with Crippen molar-refractivity contribution in [3.05, 3.63) is 29.0 Å². The molecule has 1 rings (SSSR count). The molecular weight excluding hydrogens is 208 g/mol. The second-order valence-corrected chi connectivity index (χ2v) is 2.06.